The van der Waals surface area contributed by atoms with Crippen molar-refractivity contribution in [2.45, 2.75) is 32.8 Å². The third-order valence-corrected chi connectivity index (χ3v) is 2.81. The van der Waals surface area contributed by atoms with Crippen molar-refractivity contribution in [2.75, 3.05) is 0 Å². The van der Waals surface area contributed by atoms with E-state index in [9.17, 15) is 5.11 Å². The van der Waals surface area contributed by atoms with Crippen LogP contribution in [0.3, 0.4) is 0 Å². The van der Waals surface area contributed by atoms with Gasteiger partial charge in [-0.2, -0.15) is 0 Å². The number of rotatable bonds is 4. The first-order valence-electron chi connectivity index (χ1n) is 5.83. The average molecular weight is 215 g/mol. The molecule has 0 aliphatic rings. The molecule has 2 aromatic rings. The van der Waals surface area contributed by atoms with Gasteiger partial charge < -0.3 is 5.11 Å². The molecule has 0 fully saturated rings. The lowest BCUT2D eigenvalue weighted by atomic mass is 10.1. The van der Waals surface area contributed by atoms with Gasteiger partial charge in [-0.25, -0.2) is 0 Å². The quantitative estimate of drug-likeness (QED) is 0.850. The summed E-state index contributed by atoms with van der Waals surface area (Å²) in [6, 6.07) is 10.0. The smallest absolute Gasteiger partial charge is 0.0708 e. The molecule has 16 heavy (non-hydrogen) atoms. The maximum Gasteiger partial charge on any atom is 0.0708 e. The standard InChI is InChI=1S/C14H17NO/c1-2-3-6-12-9-11(10-16)13-7-4-5-8-14(13)15-12/h4-5,7-9,16H,2-3,6,10H2,1H3. The lowest BCUT2D eigenvalue weighted by molar-refractivity contribution is 0.283. The molecule has 0 bridgehead atoms. The second-order valence-corrected chi connectivity index (χ2v) is 4.05. The Morgan fingerprint density at radius 1 is 1.25 bits per heavy atom. The van der Waals surface area contributed by atoms with Crippen molar-refractivity contribution in [1.29, 1.82) is 0 Å². The minimum absolute atomic E-state index is 0.0855. The molecule has 0 radical (unpaired) electrons. The van der Waals surface area contributed by atoms with Gasteiger partial charge in [-0.1, -0.05) is 31.5 Å². The zero-order valence-corrected chi connectivity index (χ0v) is 9.61. The summed E-state index contributed by atoms with van der Waals surface area (Å²) in [5.74, 6) is 0. The fourth-order valence-corrected chi connectivity index (χ4v) is 1.93. The van der Waals surface area contributed by atoms with E-state index in [1.54, 1.807) is 0 Å². The number of aliphatic hydroxyl groups is 1. The highest BCUT2D eigenvalue weighted by molar-refractivity contribution is 5.82. The monoisotopic (exact) mass is 215 g/mol. The van der Waals surface area contributed by atoms with E-state index in [-0.39, 0.29) is 6.61 Å². The molecule has 1 aromatic heterocycles. The second-order valence-electron chi connectivity index (χ2n) is 4.05. The minimum Gasteiger partial charge on any atom is -0.392 e. The number of hydrogen-bond acceptors (Lipinski definition) is 2. The van der Waals surface area contributed by atoms with Gasteiger partial charge in [0.15, 0.2) is 0 Å². The molecule has 1 N–H and O–H groups in total. The molecule has 0 saturated heterocycles. The van der Waals surface area contributed by atoms with Gasteiger partial charge in [-0.05, 0) is 30.5 Å². The molecule has 0 saturated carbocycles. The summed E-state index contributed by atoms with van der Waals surface area (Å²) in [7, 11) is 0. The van der Waals surface area contributed by atoms with Gasteiger partial charge in [0.05, 0.1) is 12.1 Å². The number of para-hydroxylation sites is 1. The van der Waals surface area contributed by atoms with Gasteiger partial charge in [-0.3, -0.25) is 4.98 Å². The second kappa shape index (κ2) is 5.08. The summed E-state index contributed by atoms with van der Waals surface area (Å²) in [6.45, 7) is 2.26. The largest absolute Gasteiger partial charge is 0.392 e. The topological polar surface area (TPSA) is 33.1 Å². The van der Waals surface area contributed by atoms with Gasteiger partial charge >= 0.3 is 0 Å². The molecule has 0 aliphatic heterocycles. The Labute approximate surface area is 96.0 Å². The van der Waals surface area contributed by atoms with Crippen LogP contribution in [0.4, 0.5) is 0 Å². The van der Waals surface area contributed by atoms with Crippen molar-refractivity contribution in [3.63, 3.8) is 0 Å². The first-order valence-corrected chi connectivity index (χ1v) is 5.83. The number of aryl methyl sites for hydroxylation is 1. The van der Waals surface area contributed by atoms with Gasteiger partial charge in [-0.15, -0.1) is 0 Å². The maximum absolute atomic E-state index is 9.36. The number of fused-ring (bicyclic) bond motifs is 1. The van der Waals surface area contributed by atoms with E-state index in [1.807, 2.05) is 30.3 Å². The molecule has 84 valence electrons. The van der Waals surface area contributed by atoms with Crippen LogP contribution >= 0.6 is 0 Å². The van der Waals surface area contributed by atoms with Crippen LogP contribution in [0.1, 0.15) is 31.0 Å². The molecule has 0 aliphatic carbocycles. The van der Waals surface area contributed by atoms with Crippen LogP contribution in [0.25, 0.3) is 10.9 Å². The summed E-state index contributed by atoms with van der Waals surface area (Å²) in [6.07, 6.45) is 3.31. The highest BCUT2D eigenvalue weighted by Gasteiger charge is 2.04. The zero-order valence-electron chi connectivity index (χ0n) is 9.61. The highest BCUT2D eigenvalue weighted by atomic mass is 16.3. The molecular formula is C14H17NO. The summed E-state index contributed by atoms with van der Waals surface area (Å²) >= 11 is 0. The van der Waals surface area contributed by atoms with Gasteiger partial charge in [0.25, 0.3) is 0 Å². The van der Waals surface area contributed by atoms with E-state index in [0.717, 1.165) is 35.0 Å². The SMILES string of the molecule is CCCCc1cc(CO)c2ccccc2n1. The van der Waals surface area contributed by atoms with Crippen molar-refractivity contribution in [3.8, 4) is 0 Å². The third-order valence-electron chi connectivity index (χ3n) is 2.81. The summed E-state index contributed by atoms with van der Waals surface area (Å²) in [4.78, 5) is 4.61. The molecule has 0 spiro atoms. The first-order chi connectivity index (χ1) is 7.85. The minimum atomic E-state index is 0.0855. The Balaban J connectivity index is 2.46. The number of nitrogens with zero attached hydrogens (tertiary/aromatic N) is 1. The van der Waals surface area contributed by atoms with E-state index in [2.05, 4.69) is 11.9 Å². The van der Waals surface area contributed by atoms with E-state index in [1.165, 1.54) is 6.42 Å². The zero-order chi connectivity index (χ0) is 11.4. The Morgan fingerprint density at radius 2 is 2.06 bits per heavy atom. The predicted octanol–water partition coefficient (Wildman–Crippen LogP) is 3.07. The number of aliphatic hydroxyl groups excluding tert-OH is 1. The maximum atomic E-state index is 9.36. The lowest BCUT2D eigenvalue weighted by Gasteiger charge is -2.07. The van der Waals surface area contributed by atoms with Crippen LogP contribution < -0.4 is 0 Å². The van der Waals surface area contributed by atoms with Gasteiger partial charge in [0.2, 0.25) is 0 Å². The van der Waals surface area contributed by atoms with Crippen molar-refractivity contribution in [2.24, 2.45) is 0 Å². The van der Waals surface area contributed by atoms with Crippen molar-refractivity contribution < 1.29 is 5.11 Å². The van der Waals surface area contributed by atoms with Crippen molar-refractivity contribution in [1.82, 2.24) is 4.98 Å². The molecule has 0 amide bonds. The lowest BCUT2D eigenvalue weighted by Crippen LogP contribution is -1.95. The fourth-order valence-electron chi connectivity index (χ4n) is 1.93. The predicted molar refractivity (Wildman–Crippen MR) is 66.3 cm³/mol. The molecule has 2 rings (SSSR count). The van der Waals surface area contributed by atoms with Crippen LogP contribution in [0.5, 0.6) is 0 Å². The highest BCUT2D eigenvalue weighted by Crippen LogP contribution is 2.19. The molecule has 0 unspecified atom stereocenters. The number of aromatic nitrogens is 1. The molecule has 1 heterocycles. The molecule has 2 nitrogen and oxygen atoms in total. The molecule has 1 aromatic carbocycles. The van der Waals surface area contributed by atoms with Crippen LogP contribution in [-0.4, -0.2) is 10.1 Å². The molecule has 0 atom stereocenters. The van der Waals surface area contributed by atoms with Crippen LogP contribution in [-0.2, 0) is 13.0 Å². The van der Waals surface area contributed by atoms with Crippen molar-refractivity contribution in [3.05, 3.63) is 41.6 Å². The van der Waals surface area contributed by atoms with E-state index in [0.29, 0.717) is 0 Å². The van der Waals surface area contributed by atoms with Gasteiger partial charge in [0, 0.05) is 11.1 Å². The molecule has 2 heteroatoms. The Kier molecular flexibility index (Phi) is 3.52. The first kappa shape index (κ1) is 11.1. The van der Waals surface area contributed by atoms with Crippen LogP contribution in [0.15, 0.2) is 30.3 Å². The average Bonchev–Trinajstić information content (AvgIpc) is 2.35. The Hall–Kier alpha value is -1.41. The summed E-state index contributed by atoms with van der Waals surface area (Å²) < 4.78 is 0. The van der Waals surface area contributed by atoms with E-state index < -0.39 is 0 Å². The van der Waals surface area contributed by atoms with E-state index >= 15 is 0 Å². The number of pyridine rings is 1. The van der Waals surface area contributed by atoms with Gasteiger partial charge in [0.1, 0.15) is 0 Å². The Bertz CT molecular complexity index is 479. The molecular weight excluding hydrogens is 198 g/mol. The van der Waals surface area contributed by atoms with E-state index in [4.69, 9.17) is 0 Å². The van der Waals surface area contributed by atoms with Crippen molar-refractivity contribution >= 4 is 10.9 Å². The number of benzene rings is 1. The normalized spacial score (nSPS) is 10.9. The number of hydrogen-bond donors (Lipinski definition) is 1. The third kappa shape index (κ3) is 2.22. The fraction of sp³-hybridized carbons (Fsp3) is 0.357. The summed E-state index contributed by atoms with van der Waals surface area (Å²) in [5.41, 5.74) is 3.06. The Morgan fingerprint density at radius 3 is 2.81 bits per heavy atom. The number of unbranched alkanes of at least 4 members (excludes halogenated alkanes) is 1. The van der Waals surface area contributed by atoms with Crippen LogP contribution in [0, 0.1) is 0 Å². The summed E-state index contributed by atoms with van der Waals surface area (Å²) in [5, 5.41) is 10.4. The van der Waals surface area contributed by atoms with Crippen LogP contribution in [0.2, 0.25) is 0 Å².